The molecule has 0 N–H and O–H groups in total. The maximum absolute atomic E-state index is 11.1. The molecule has 0 fully saturated rings. The molecule has 4 rings (SSSR count). The number of nitrogens with zero attached hydrogens (tertiary/aromatic N) is 4. The van der Waals surface area contributed by atoms with Crippen LogP contribution >= 0.6 is 0 Å². The zero-order valence-electron chi connectivity index (χ0n) is 13.5. The molecule has 17 heteroatoms. The summed E-state index contributed by atoms with van der Waals surface area (Å²) in [6.45, 7) is 0. The molecule has 0 radical (unpaired) electrons. The molecule has 0 saturated heterocycles. The summed E-state index contributed by atoms with van der Waals surface area (Å²) in [6, 6.07) is 1.79. The van der Waals surface area contributed by atoms with Crippen molar-refractivity contribution in [2.75, 3.05) is 0 Å². The van der Waals surface area contributed by atoms with E-state index < -0.39 is 52.3 Å². The van der Waals surface area contributed by atoms with Crippen LogP contribution in [0.25, 0.3) is 22.8 Å². The van der Waals surface area contributed by atoms with E-state index in [9.17, 15) is 45.1 Å². The first-order valence-electron chi connectivity index (χ1n) is 6.67. The number of fused-ring (bicyclic) bond motifs is 2. The van der Waals surface area contributed by atoms with Gasteiger partial charge in [0, 0.05) is 12.1 Å². The summed E-state index contributed by atoms with van der Waals surface area (Å²) in [5, 5.41) is -2.20. The van der Waals surface area contributed by atoms with E-state index in [1.54, 1.807) is 0 Å². The summed E-state index contributed by atoms with van der Waals surface area (Å²) >= 11 is 0. The van der Waals surface area contributed by atoms with Gasteiger partial charge < -0.3 is 9.11 Å². The number of hydrogen-bond acceptors (Lipinski definition) is 14. The van der Waals surface area contributed by atoms with Crippen LogP contribution in [-0.4, -0.2) is 83.6 Å². The molecule has 0 saturated carbocycles. The molecule has 4 heterocycles. The van der Waals surface area contributed by atoms with Crippen molar-refractivity contribution < 1.29 is 25.9 Å². The molecular weight excluding hydrogens is 464 g/mol. The molecule has 4 aliphatic rings. The Hall–Kier alpha value is -2.08. The van der Waals surface area contributed by atoms with E-state index in [2.05, 4.69) is 19.9 Å². The van der Waals surface area contributed by atoms with Crippen molar-refractivity contribution in [3.05, 3.63) is 53.3 Å². The third kappa shape index (κ3) is 4.42. The zero-order chi connectivity index (χ0) is 21.0. The van der Waals surface area contributed by atoms with Gasteiger partial charge in [-0.2, -0.15) is 0 Å². The normalized spacial score (nSPS) is 11.9. The fraction of sp³-hybridized carbons (Fsp3) is 0. The van der Waals surface area contributed by atoms with Crippen LogP contribution < -0.4 is 22.0 Å². The molecule has 4 aliphatic heterocycles. The van der Waals surface area contributed by atoms with Crippen molar-refractivity contribution in [2.45, 2.75) is 10.1 Å². The summed E-state index contributed by atoms with van der Waals surface area (Å²) in [5.74, 6) is 0. The molecule has 14 nitrogen and oxygen atoms in total. The monoisotopic (exact) mass is 466 g/mol. The van der Waals surface area contributed by atoms with Gasteiger partial charge in [-0.1, -0.05) is 0 Å². The molecule has 0 spiro atoms. The summed E-state index contributed by atoms with van der Waals surface area (Å²) < 4.78 is 62.9. The van der Waals surface area contributed by atoms with Crippen LogP contribution in [0.2, 0.25) is 0 Å². The Morgan fingerprint density at radius 2 is 0.931 bits per heavy atom. The average molecular weight is 466 g/mol. The average Bonchev–Trinajstić information content (AvgIpc) is 3.23. The molecule has 0 atom stereocenters. The molecule has 144 valence electrons. The van der Waals surface area contributed by atoms with Crippen LogP contribution in [0.3, 0.4) is 0 Å². The predicted molar refractivity (Wildman–Crippen MR) is 88.8 cm³/mol. The smallest absolute Gasteiger partial charge is 0.743 e. The van der Waals surface area contributed by atoms with E-state index in [4.69, 9.17) is 0 Å². The van der Waals surface area contributed by atoms with Gasteiger partial charge in [-0.15, -0.1) is 0 Å². The fourth-order valence-electron chi connectivity index (χ4n) is 2.14. The molecule has 0 aromatic carbocycles. The van der Waals surface area contributed by atoms with Crippen molar-refractivity contribution in [2.24, 2.45) is 0 Å². The minimum absolute atomic E-state index is 0. The predicted octanol–water partition coefficient (Wildman–Crippen LogP) is -4.22. The van der Waals surface area contributed by atoms with Crippen LogP contribution in [0.15, 0.2) is 41.4 Å². The quantitative estimate of drug-likeness (QED) is 0.201. The second kappa shape index (κ2) is 7.63. The Morgan fingerprint density at radius 1 is 0.621 bits per heavy atom. The zero-order valence-corrected chi connectivity index (χ0v) is 17.4. The molecule has 0 aromatic rings. The Bertz CT molecular complexity index is 1430. The van der Waals surface area contributed by atoms with Gasteiger partial charge in [0.15, 0.2) is 10.1 Å². The maximum Gasteiger partial charge on any atom is 2.00 e. The fourth-order valence-corrected chi connectivity index (χ4v) is 3.20. The van der Waals surface area contributed by atoms with E-state index in [0.29, 0.717) is 0 Å². The summed E-state index contributed by atoms with van der Waals surface area (Å²) in [6.07, 6.45) is 0. The van der Waals surface area contributed by atoms with E-state index >= 15 is 0 Å². The molecule has 29 heavy (non-hydrogen) atoms. The first-order chi connectivity index (χ1) is 12.8. The second-order valence-corrected chi connectivity index (χ2v) is 7.65. The molecule has 0 unspecified atom stereocenters. The summed E-state index contributed by atoms with van der Waals surface area (Å²) in [4.78, 5) is 56.5. The summed E-state index contributed by atoms with van der Waals surface area (Å²) in [7, 11) is -9.79. The van der Waals surface area contributed by atoms with E-state index in [1.165, 1.54) is 0 Å². The Morgan fingerprint density at radius 3 is 1.17 bits per heavy atom. The number of hydrogen-bond donors (Lipinski definition) is 0. The molecule has 0 amide bonds. The van der Waals surface area contributed by atoms with Gasteiger partial charge in [0.05, 0.1) is 0 Å². The molecule has 0 bridgehead atoms. The Labute approximate surface area is 188 Å². The number of rotatable bonds is 2. The van der Waals surface area contributed by atoms with Crippen molar-refractivity contribution >= 4 is 58.0 Å². The standard InChI is InChI=1S/2C6H2N2O5S.Ca/c2*9-3-1-2-4(8-3)5(10)6(7-2)14(11,12)13;/h2*1H,(H,11,12,13);/q;;+2/p-2. The van der Waals surface area contributed by atoms with Gasteiger partial charge >= 0.3 is 37.7 Å². The van der Waals surface area contributed by atoms with Crippen LogP contribution in [0, 0.1) is 0 Å². The van der Waals surface area contributed by atoms with Gasteiger partial charge in [0.2, 0.25) is 10.9 Å². The largest absolute Gasteiger partial charge is 2.00 e. The first-order valence-corrected chi connectivity index (χ1v) is 9.48. The Balaban J connectivity index is 0.000000200. The first kappa shape index (κ1) is 23.2. The van der Waals surface area contributed by atoms with Crippen LogP contribution in [0.1, 0.15) is 0 Å². The minimum Gasteiger partial charge on any atom is -0.743 e. The maximum atomic E-state index is 11.1. The van der Waals surface area contributed by atoms with Crippen molar-refractivity contribution in [1.82, 2.24) is 19.9 Å². The summed E-state index contributed by atoms with van der Waals surface area (Å²) in [5.41, 5.74) is -4.66. The van der Waals surface area contributed by atoms with Gasteiger partial charge in [-0.05, 0) is 0 Å². The van der Waals surface area contributed by atoms with E-state index in [1.807, 2.05) is 0 Å². The van der Waals surface area contributed by atoms with Crippen LogP contribution in [-0.2, 0) is 20.2 Å². The van der Waals surface area contributed by atoms with Gasteiger partial charge in [0.25, 0.3) is 11.1 Å². The Kier molecular flexibility index (Phi) is 6.11. The minimum atomic E-state index is -4.89. The second-order valence-electron chi connectivity index (χ2n) is 5.06. The van der Waals surface area contributed by atoms with Crippen molar-refractivity contribution in [3.63, 3.8) is 0 Å². The third-order valence-electron chi connectivity index (χ3n) is 3.19. The van der Waals surface area contributed by atoms with Crippen LogP contribution in [0.4, 0.5) is 0 Å². The van der Waals surface area contributed by atoms with Gasteiger partial charge in [0.1, 0.15) is 43.0 Å². The number of aromatic nitrogens is 4. The van der Waals surface area contributed by atoms with Crippen molar-refractivity contribution in [3.8, 4) is 22.8 Å². The SMILES string of the molecule is O=c1cc2nc(S(=O)(=O)[O-])c(=O)c-2n1.O=c1cc2nc(S(=O)(=O)[O-])c(=O)c-2n1.[Ca+2]. The van der Waals surface area contributed by atoms with E-state index in [0.717, 1.165) is 12.1 Å². The molecule has 0 aliphatic carbocycles. The van der Waals surface area contributed by atoms with Gasteiger partial charge in [-0.25, -0.2) is 36.8 Å². The molecular formula is C12H2CaN4O10S2. The van der Waals surface area contributed by atoms with Crippen molar-refractivity contribution in [1.29, 1.82) is 0 Å². The topological polar surface area (TPSA) is 234 Å². The van der Waals surface area contributed by atoms with Crippen LogP contribution in [0.5, 0.6) is 0 Å². The van der Waals surface area contributed by atoms with E-state index in [-0.39, 0.29) is 60.5 Å². The van der Waals surface area contributed by atoms with Gasteiger partial charge in [-0.3, -0.25) is 19.2 Å². The molecule has 0 aromatic heterocycles. The third-order valence-corrected chi connectivity index (χ3v) is 4.69.